The topological polar surface area (TPSA) is 66.4 Å². The lowest BCUT2D eigenvalue weighted by atomic mass is 10.1. The Morgan fingerprint density at radius 2 is 1.95 bits per heavy atom. The maximum atomic E-state index is 12.7. The van der Waals surface area contributed by atoms with E-state index in [9.17, 15) is 17.9 Å². The van der Waals surface area contributed by atoms with Crippen LogP contribution < -0.4 is 4.72 Å². The van der Waals surface area contributed by atoms with Crippen molar-refractivity contribution >= 4 is 21.8 Å². The molecule has 0 heterocycles. The number of halogens is 1. The second kappa shape index (κ2) is 7.40. The summed E-state index contributed by atoms with van der Waals surface area (Å²) in [5.41, 5.74) is -0.568. The van der Waals surface area contributed by atoms with Crippen LogP contribution in [0.3, 0.4) is 0 Å². The van der Waals surface area contributed by atoms with Crippen LogP contribution in [0.4, 0.5) is 4.39 Å². The van der Waals surface area contributed by atoms with Gasteiger partial charge in [-0.25, -0.2) is 17.5 Å². The van der Waals surface area contributed by atoms with Gasteiger partial charge in [-0.15, -0.1) is 0 Å². The Bertz CT molecular complexity index is 515. The molecule has 7 heteroatoms. The summed E-state index contributed by atoms with van der Waals surface area (Å²) in [6.45, 7) is 1.57. The molecule has 1 aromatic rings. The number of hydrogen-bond acceptors (Lipinski definition) is 4. The van der Waals surface area contributed by atoms with E-state index in [0.717, 1.165) is 5.75 Å². The molecule has 114 valence electrons. The van der Waals surface area contributed by atoms with Crippen LogP contribution in [0, 0.1) is 5.82 Å². The summed E-state index contributed by atoms with van der Waals surface area (Å²) in [6.07, 6.45) is 2.43. The molecule has 1 rings (SSSR count). The maximum Gasteiger partial charge on any atom is 0.215 e. The molecule has 0 spiro atoms. The highest BCUT2D eigenvalue weighted by atomic mass is 32.2. The normalized spacial score (nSPS) is 15.0. The smallest absolute Gasteiger partial charge is 0.215 e. The summed E-state index contributed by atoms with van der Waals surface area (Å²) in [6, 6.07) is 5.31. The zero-order valence-corrected chi connectivity index (χ0v) is 13.2. The molecule has 1 atom stereocenters. The molecular formula is C13H20FNO3S2. The van der Waals surface area contributed by atoms with E-state index in [0.29, 0.717) is 12.0 Å². The van der Waals surface area contributed by atoms with E-state index in [4.69, 9.17) is 0 Å². The van der Waals surface area contributed by atoms with Gasteiger partial charge in [0.2, 0.25) is 10.0 Å². The first-order chi connectivity index (χ1) is 9.24. The van der Waals surface area contributed by atoms with Gasteiger partial charge >= 0.3 is 0 Å². The van der Waals surface area contributed by atoms with Crippen LogP contribution in [-0.4, -0.2) is 37.7 Å². The highest BCUT2D eigenvalue weighted by Crippen LogP contribution is 2.13. The second-order valence-corrected chi connectivity index (χ2v) is 7.74. The lowest BCUT2D eigenvalue weighted by Crippen LogP contribution is -2.41. The summed E-state index contributed by atoms with van der Waals surface area (Å²) in [4.78, 5) is 0. The molecule has 0 bridgehead atoms. The fraction of sp³-hybridized carbons (Fsp3) is 0.538. The molecule has 0 amide bonds. The monoisotopic (exact) mass is 321 g/mol. The minimum absolute atomic E-state index is 0.0307. The minimum atomic E-state index is -3.54. The van der Waals surface area contributed by atoms with Crippen molar-refractivity contribution in [1.82, 2.24) is 4.72 Å². The lowest BCUT2D eigenvalue weighted by molar-refractivity contribution is 0.0626. The van der Waals surface area contributed by atoms with Gasteiger partial charge in [0.05, 0.1) is 11.4 Å². The Balaban J connectivity index is 2.55. The van der Waals surface area contributed by atoms with E-state index in [1.165, 1.54) is 24.3 Å². The Kier molecular flexibility index (Phi) is 6.44. The van der Waals surface area contributed by atoms with Crippen LogP contribution in [0.2, 0.25) is 0 Å². The van der Waals surface area contributed by atoms with E-state index in [1.54, 1.807) is 18.7 Å². The molecule has 0 saturated heterocycles. The van der Waals surface area contributed by atoms with Crippen LogP contribution in [-0.2, 0) is 15.8 Å². The molecule has 0 aliphatic carbocycles. The van der Waals surface area contributed by atoms with E-state index in [-0.39, 0.29) is 12.3 Å². The Labute approximate surface area is 123 Å². The summed E-state index contributed by atoms with van der Waals surface area (Å²) in [5, 5.41) is 10.0. The summed E-state index contributed by atoms with van der Waals surface area (Å²) in [7, 11) is -3.54. The number of aliphatic hydroxyl groups is 1. The van der Waals surface area contributed by atoms with E-state index >= 15 is 0 Å². The molecule has 0 saturated carbocycles. The molecular weight excluding hydrogens is 301 g/mol. The van der Waals surface area contributed by atoms with Gasteiger partial charge < -0.3 is 5.11 Å². The van der Waals surface area contributed by atoms with Gasteiger partial charge in [0.25, 0.3) is 0 Å². The fourth-order valence-electron chi connectivity index (χ4n) is 1.53. The average Bonchev–Trinajstić information content (AvgIpc) is 2.37. The average molecular weight is 321 g/mol. The quantitative estimate of drug-likeness (QED) is 0.765. The first-order valence-electron chi connectivity index (χ1n) is 6.17. The zero-order chi connectivity index (χ0) is 15.2. The van der Waals surface area contributed by atoms with E-state index < -0.39 is 21.4 Å². The van der Waals surface area contributed by atoms with Crippen LogP contribution in [0.5, 0.6) is 0 Å². The molecule has 0 radical (unpaired) electrons. The van der Waals surface area contributed by atoms with Gasteiger partial charge in [-0.2, -0.15) is 11.8 Å². The highest BCUT2D eigenvalue weighted by Gasteiger charge is 2.23. The van der Waals surface area contributed by atoms with Crippen LogP contribution in [0.15, 0.2) is 24.3 Å². The van der Waals surface area contributed by atoms with Crippen LogP contribution in [0.25, 0.3) is 0 Å². The SMILES string of the molecule is CSCC[C@@](C)(O)CNS(=O)(=O)Cc1ccc(F)cc1. The lowest BCUT2D eigenvalue weighted by Gasteiger charge is -2.23. The molecule has 2 N–H and O–H groups in total. The van der Waals surface area contributed by atoms with Gasteiger partial charge in [0.15, 0.2) is 0 Å². The minimum Gasteiger partial charge on any atom is -0.389 e. The summed E-state index contributed by atoms with van der Waals surface area (Å²) >= 11 is 1.59. The molecule has 0 aromatic heterocycles. The van der Waals surface area contributed by atoms with Gasteiger partial charge in [-0.05, 0) is 43.0 Å². The third kappa shape index (κ3) is 6.69. The third-order valence-corrected chi connectivity index (χ3v) is 4.70. The number of rotatable bonds is 8. The summed E-state index contributed by atoms with van der Waals surface area (Å²) < 4.78 is 38.9. The molecule has 20 heavy (non-hydrogen) atoms. The molecule has 4 nitrogen and oxygen atoms in total. The van der Waals surface area contributed by atoms with E-state index in [1.807, 2.05) is 6.26 Å². The molecule has 0 unspecified atom stereocenters. The largest absolute Gasteiger partial charge is 0.389 e. The van der Waals surface area contributed by atoms with Gasteiger partial charge in [-0.1, -0.05) is 12.1 Å². The Morgan fingerprint density at radius 1 is 1.35 bits per heavy atom. The summed E-state index contributed by atoms with van der Waals surface area (Å²) in [5.74, 6) is 0.123. The van der Waals surface area contributed by atoms with Crippen molar-refractivity contribution in [3.8, 4) is 0 Å². The zero-order valence-electron chi connectivity index (χ0n) is 11.6. The predicted octanol–water partition coefficient (Wildman–Crippen LogP) is 1.75. The first kappa shape index (κ1) is 17.4. The van der Waals surface area contributed by atoms with Gasteiger partial charge in [-0.3, -0.25) is 0 Å². The van der Waals surface area contributed by atoms with Crippen molar-refractivity contribution in [2.24, 2.45) is 0 Å². The van der Waals surface area contributed by atoms with Crippen molar-refractivity contribution in [2.45, 2.75) is 24.7 Å². The van der Waals surface area contributed by atoms with Crippen molar-refractivity contribution in [3.63, 3.8) is 0 Å². The van der Waals surface area contributed by atoms with Crippen molar-refractivity contribution in [2.75, 3.05) is 18.6 Å². The Hall–Kier alpha value is -0.630. The predicted molar refractivity (Wildman–Crippen MR) is 80.6 cm³/mol. The maximum absolute atomic E-state index is 12.7. The Morgan fingerprint density at radius 3 is 2.50 bits per heavy atom. The van der Waals surface area contributed by atoms with Crippen LogP contribution in [0.1, 0.15) is 18.9 Å². The first-order valence-corrected chi connectivity index (χ1v) is 9.22. The van der Waals surface area contributed by atoms with Gasteiger partial charge in [0, 0.05) is 6.54 Å². The van der Waals surface area contributed by atoms with E-state index in [2.05, 4.69) is 4.72 Å². The standard InChI is InChI=1S/C13H20FNO3S2/c1-13(16,7-8-19-2)10-15-20(17,18)9-11-3-5-12(14)6-4-11/h3-6,15-16H,7-10H2,1-2H3/t13-/m1/s1. The highest BCUT2D eigenvalue weighted by molar-refractivity contribution is 7.98. The second-order valence-electron chi connectivity index (χ2n) is 4.95. The van der Waals surface area contributed by atoms with Crippen molar-refractivity contribution in [1.29, 1.82) is 0 Å². The number of nitrogens with one attached hydrogen (secondary N) is 1. The number of benzene rings is 1. The van der Waals surface area contributed by atoms with Crippen molar-refractivity contribution in [3.05, 3.63) is 35.6 Å². The molecule has 0 aliphatic heterocycles. The van der Waals surface area contributed by atoms with Gasteiger partial charge in [0.1, 0.15) is 5.82 Å². The van der Waals surface area contributed by atoms with Crippen LogP contribution >= 0.6 is 11.8 Å². The van der Waals surface area contributed by atoms with Crippen molar-refractivity contribution < 1.29 is 17.9 Å². The molecule has 0 aliphatic rings. The molecule has 1 aromatic carbocycles. The number of hydrogen-bond donors (Lipinski definition) is 2. The number of sulfonamides is 1. The third-order valence-electron chi connectivity index (χ3n) is 2.79. The molecule has 0 fully saturated rings. The number of thioether (sulfide) groups is 1. The fourth-order valence-corrected chi connectivity index (χ4v) is 3.43.